The molecular weight excluding hydrogens is 473 g/mol. The van der Waals surface area contributed by atoms with E-state index in [1.54, 1.807) is 18.2 Å². The van der Waals surface area contributed by atoms with Gasteiger partial charge in [0.15, 0.2) is 11.5 Å². The number of nitrogens with zero attached hydrogens (tertiary/aromatic N) is 1. The molecule has 0 N–H and O–H groups in total. The summed E-state index contributed by atoms with van der Waals surface area (Å²) in [5.41, 5.74) is -0.0168. The molecule has 0 heterocycles. The molecule has 156 valence electrons. The molecule has 5 nitrogen and oxygen atoms in total. The fourth-order valence-electron chi connectivity index (χ4n) is 2.38. The van der Waals surface area contributed by atoms with E-state index in [1.807, 2.05) is 18.7 Å². The van der Waals surface area contributed by atoms with Crippen LogP contribution in [0.4, 0.5) is 0 Å². The summed E-state index contributed by atoms with van der Waals surface area (Å²) < 4.78 is 31.0. The molecule has 0 bridgehead atoms. The number of benzene rings is 2. The van der Waals surface area contributed by atoms with Crippen LogP contribution in [0.15, 0.2) is 47.4 Å². The summed E-state index contributed by atoms with van der Waals surface area (Å²) in [6, 6.07) is 10.3. The Kier molecular flexibility index (Phi) is 8.78. The van der Waals surface area contributed by atoms with Crippen molar-refractivity contribution in [3.05, 3.63) is 58.1 Å². The van der Waals surface area contributed by atoms with E-state index in [1.165, 1.54) is 36.0 Å². The predicted octanol–water partition coefficient (Wildman–Crippen LogP) is 5.30. The third-order valence-corrected chi connectivity index (χ3v) is 7.14. The first-order valence-corrected chi connectivity index (χ1v) is 12.2. The van der Waals surface area contributed by atoms with Gasteiger partial charge in [0.25, 0.3) is 0 Å². The molecule has 2 aromatic rings. The van der Waals surface area contributed by atoms with Gasteiger partial charge < -0.3 is 9.08 Å². The summed E-state index contributed by atoms with van der Waals surface area (Å²) in [6.07, 6.45) is 0. The zero-order valence-electron chi connectivity index (χ0n) is 15.7. The Morgan fingerprint density at radius 2 is 1.76 bits per heavy atom. The van der Waals surface area contributed by atoms with Crippen LogP contribution in [-0.2, 0) is 10.1 Å². The lowest BCUT2D eigenvalue weighted by molar-refractivity contribution is 0.102. The highest BCUT2D eigenvalue weighted by Gasteiger charge is 2.24. The van der Waals surface area contributed by atoms with Crippen LogP contribution in [0.25, 0.3) is 0 Å². The van der Waals surface area contributed by atoms with Gasteiger partial charge in [-0.05, 0) is 38.1 Å². The van der Waals surface area contributed by atoms with Gasteiger partial charge in [-0.25, -0.2) is 0 Å². The number of thioether (sulfide) groups is 1. The summed E-state index contributed by atoms with van der Waals surface area (Å²) in [7, 11) is -4.18. The van der Waals surface area contributed by atoms with Crippen LogP contribution in [-0.4, -0.2) is 42.3 Å². The minimum Gasteiger partial charge on any atom is -0.377 e. The van der Waals surface area contributed by atoms with Crippen molar-refractivity contribution in [1.29, 1.82) is 0 Å². The number of carbonyl (C=O) groups excluding carboxylic acids is 1. The van der Waals surface area contributed by atoms with Crippen molar-refractivity contribution in [2.24, 2.45) is 0 Å². The molecule has 0 unspecified atom stereocenters. The van der Waals surface area contributed by atoms with E-state index < -0.39 is 15.9 Å². The van der Waals surface area contributed by atoms with Gasteiger partial charge in [-0.3, -0.25) is 4.79 Å². The summed E-state index contributed by atoms with van der Waals surface area (Å²) in [5.74, 6) is -0.653. The first-order valence-electron chi connectivity index (χ1n) is 8.63. The third-order valence-electron chi connectivity index (χ3n) is 3.88. The Labute approximate surface area is 190 Å². The van der Waals surface area contributed by atoms with Gasteiger partial charge in [0.2, 0.25) is 0 Å². The van der Waals surface area contributed by atoms with Crippen molar-refractivity contribution >= 4 is 67.4 Å². The number of carbonyl (C=O) groups is 1. The molecule has 0 spiro atoms. The molecule has 0 saturated carbocycles. The van der Waals surface area contributed by atoms with Crippen LogP contribution in [0.3, 0.4) is 0 Å². The van der Waals surface area contributed by atoms with Crippen LogP contribution in [0.5, 0.6) is 5.75 Å². The normalized spacial score (nSPS) is 11.2. The summed E-state index contributed by atoms with van der Waals surface area (Å²) in [6.45, 7) is 5.39. The van der Waals surface area contributed by atoms with Crippen molar-refractivity contribution in [2.75, 3.05) is 18.8 Å². The molecule has 0 saturated heterocycles. The zero-order valence-corrected chi connectivity index (χ0v) is 19.7. The van der Waals surface area contributed by atoms with Crippen LogP contribution in [0.2, 0.25) is 10.0 Å². The molecule has 10 heteroatoms. The van der Waals surface area contributed by atoms with E-state index in [9.17, 15) is 13.2 Å². The smallest absolute Gasteiger partial charge is 0.339 e. The molecule has 0 aliphatic rings. The van der Waals surface area contributed by atoms with Crippen LogP contribution >= 0.6 is 47.2 Å². The maximum atomic E-state index is 12.8. The van der Waals surface area contributed by atoms with Crippen molar-refractivity contribution in [2.45, 2.75) is 18.7 Å². The lowest BCUT2D eigenvalue weighted by Gasteiger charge is -2.20. The van der Waals surface area contributed by atoms with E-state index in [4.69, 9.17) is 39.6 Å². The van der Waals surface area contributed by atoms with E-state index in [0.717, 1.165) is 13.1 Å². The Morgan fingerprint density at radius 1 is 1.14 bits per heavy atom. The minimum absolute atomic E-state index is 0.00620. The van der Waals surface area contributed by atoms with Gasteiger partial charge in [0, 0.05) is 18.1 Å². The second-order valence-corrected chi connectivity index (χ2v) is 9.76. The van der Waals surface area contributed by atoms with Gasteiger partial charge in [0.05, 0.1) is 16.3 Å². The van der Waals surface area contributed by atoms with E-state index >= 15 is 0 Å². The number of halogens is 2. The second kappa shape index (κ2) is 10.6. The standard InChI is InChI=1S/C19H19Cl2NO4S3/c1-3-22(4-2)19(27)28-12-17(23)15-10-13(20)11-16(21)18(15)26-29(24,25)14-8-6-5-7-9-14/h5-11H,3-4,12H2,1-2H3. The highest BCUT2D eigenvalue weighted by Crippen LogP contribution is 2.35. The Morgan fingerprint density at radius 3 is 2.34 bits per heavy atom. The van der Waals surface area contributed by atoms with E-state index in [0.29, 0.717) is 4.32 Å². The fourth-order valence-corrected chi connectivity index (χ4v) is 5.22. The maximum absolute atomic E-state index is 12.8. The molecular formula is C19H19Cl2NO4S3. The zero-order chi connectivity index (χ0) is 21.6. The van der Waals surface area contributed by atoms with Crippen LogP contribution < -0.4 is 4.18 Å². The highest BCUT2D eigenvalue weighted by atomic mass is 35.5. The Balaban J connectivity index is 2.31. The number of thiocarbonyl (C=S) groups is 1. The number of hydrogen-bond donors (Lipinski definition) is 0. The lowest BCUT2D eigenvalue weighted by atomic mass is 10.1. The number of ketones is 1. The van der Waals surface area contributed by atoms with Gasteiger partial charge in [0.1, 0.15) is 9.22 Å². The molecule has 2 aromatic carbocycles. The molecule has 0 atom stereocenters. The lowest BCUT2D eigenvalue weighted by Crippen LogP contribution is -2.27. The molecule has 2 rings (SSSR count). The SMILES string of the molecule is CCN(CC)C(=S)SCC(=O)c1cc(Cl)cc(Cl)c1OS(=O)(=O)c1ccccc1. The largest absolute Gasteiger partial charge is 0.377 e. The summed E-state index contributed by atoms with van der Waals surface area (Å²) in [4.78, 5) is 14.7. The Hall–Kier alpha value is -1.32. The molecule has 0 aliphatic heterocycles. The average Bonchev–Trinajstić information content (AvgIpc) is 2.69. The van der Waals surface area contributed by atoms with E-state index in [-0.39, 0.29) is 32.0 Å². The monoisotopic (exact) mass is 491 g/mol. The van der Waals surface area contributed by atoms with Crippen molar-refractivity contribution in [3.63, 3.8) is 0 Å². The van der Waals surface area contributed by atoms with Crippen molar-refractivity contribution < 1.29 is 17.4 Å². The highest BCUT2D eigenvalue weighted by molar-refractivity contribution is 8.23. The minimum atomic E-state index is -4.18. The van der Waals surface area contributed by atoms with Gasteiger partial charge >= 0.3 is 10.1 Å². The number of hydrogen-bond acceptors (Lipinski definition) is 6. The van der Waals surface area contributed by atoms with Gasteiger partial charge in [-0.2, -0.15) is 8.42 Å². The van der Waals surface area contributed by atoms with Gasteiger partial charge in [-0.15, -0.1) is 0 Å². The molecule has 0 fully saturated rings. The Bertz CT molecular complexity index is 994. The molecule has 0 radical (unpaired) electrons. The first kappa shape index (κ1) is 24.0. The second-order valence-electron chi connectivity index (χ2n) is 5.76. The quantitative estimate of drug-likeness (QED) is 0.281. The molecule has 0 amide bonds. The molecule has 0 aromatic heterocycles. The number of rotatable bonds is 8. The summed E-state index contributed by atoms with van der Waals surface area (Å²) in [5, 5.41) is 0.121. The van der Waals surface area contributed by atoms with Crippen molar-refractivity contribution in [1.82, 2.24) is 4.90 Å². The maximum Gasteiger partial charge on any atom is 0.339 e. The first-order chi connectivity index (χ1) is 13.7. The van der Waals surface area contributed by atoms with Crippen LogP contribution in [0.1, 0.15) is 24.2 Å². The van der Waals surface area contributed by atoms with Gasteiger partial charge in [-0.1, -0.05) is 65.4 Å². The predicted molar refractivity (Wildman–Crippen MR) is 123 cm³/mol. The van der Waals surface area contributed by atoms with E-state index in [2.05, 4.69) is 0 Å². The number of Topliss-reactive ketones (excluding diaryl/α,β-unsaturated/α-hetero) is 1. The van der Waals surface area contributed by atoms with Crippen LogP contribution in [0, 0.1) is 0 Å². The topological polar surface area (TPSA) is 63.7 Å². The fraction of sp³-hybridized carbons (Fsp3) is 0.263. The van der Waals surface area contributed by atoms with Crippen molar-refractivity contribution in [3.8, 4) is 5.75 Å². The molecule has 29 heavy (non-hydrogen) atoms. The molecule has 0 aliphatic carbocycles. The summed E-state index contributed by atoms with van der Waals surface area (Å²) >= 11 is 18.7. The third kappa shape index (κ3) is 6.33. The average molecular weight is 492 g/mol.